The van der Waals surface area contributed by atoms with Crippen molar-refractivity contribution in [2.24, 2.45) is 0 Å². The zero-order valence-electron chi connectivity index (χ0n) is 12.2. The molecular weight excluding hydrogens is 300 g/mol. The van der Waals surface area contributed by atoms with E-state index in [1.54, 1.807) is 19.2 Å². The van der Waals surface area contributed by atoms with Crippen molar-refractivity contribution >= 4 is 30.0 Å². The first-order chi connectivity index (χ1) is 10.5. The van der Waals surface area contributed by atoms with Crippen molar-refractivity contribution < 1.29 is 14.5 Å². The van der Waals surface area contributed by atoms with Gasteiger partial charge in [0.05, 0.1) is 10.7 Å². The fourth-order valence-electron chi connectivity index (χ4n) is 2.53. The molecule has 1 aromatic carbocycles. The van der Waals surface area contributed by atoms with Crippen LogP contribution in [0.5, 0.6) is 0 Å². The normalized spacial score (nSPS) is 13.9. The summed E-state index contributed by atoms with van der Waals surface area (Å²) in [5, 5.41) is 10.4. The van der Waals surface area contributed by atoms with Crippen LogP contribution in [-0.4, -0.2) is 29.5 Å². The molecule has 0 radical (unpaired) electrons. The minimum atomic E-state index is -0.908. The molecule has 4 nitrogen and oxygen atoms in total. The molecule has 0 atom stereocenters. The minimum Gasteiger partial charge on any atom is -0.423 e. The number of hydrogen-bond donors (Lipinski definition) is 1. The lowest BCUT2D eigenvalue weighted by Crippen LogP contribution is -2.41. The van der Waals surface area contributed by atoms with Crippen LogP contribution in [-0.2, 0) is 17.5 Å². The van der Waals surface area contributed by atoms with Gasteiger partial charge in [-0.05, 0) is 36.0 Å². The van der Waals surface area contributed by atoms with E-state index in [4.69, 9.17) is 16.3 Å². The highest BCUT2D eigenvalue weighted by Crippen LogP contribution is 2.16. The van der Waals surface area contributed by atoms with Crippen molar-refractivity contribution in [1.82, 2.24) is 4.98 Å². The molecular formula is C16H15BClNO3. The highest BCUT2D eigenvalue weighted by atomic mass is 35.5. The van der Waals surface area contributed by atoms with Crippen molar-refractivity contribution in [2.45, 2.75) is 19.8 Å². The number of aromatic nitrogens is 1. The topological polar surface area (TPSA) is 59.4 Å². The van der Waals surface area contributed by atoms with Crippen LogP contribution in [0.25, 0.3) is 0 Å². The molecule has 2 aromatic rings. The molecule has 0 aliphatic carbocycles. The number of aryl methyl sites for hydroxylation is 1. The summed E-state index contributed by atoms with van der Waals surface area (Å²) in [7, 11) is -0.908. The summed E-state index contributed by atoms with van der Waals surface area (Å²) < 4.78 is 5.22. The molecule has 0 unspecified atom stereocenters. The van der Waals surface area contributed by atoms with Crippen LogP contribution in [0.1, 0.15) is 27.2 Å². The van der Waals surface area contributed by atoms with Crippen LogP contribution >= 0.6 is 11.6 Å². The van der Waals surface area contributed by atoms with E-state index in [0.717, 1.165) is 23.0 Å². The van der Waals surface area contributed by atoms with E-state index in [1.807, 2.05) is 18.2 Å². The average Bonchev–Trinajstić information content (AvgIpc) is 2.51. The molecule has 1 aliphatic rings. The van der Waals surface area contributed by atoms with Gasteiger partial charge in [-0.25, -0.2) is 0 Å². The Hall–Kier alpha value is -1.69. The monoisotopic (exact) mass is 315 g/mol. The molecule has 2 heterocycles. The molecule has 112 valence electrons. The highest BCUT2D eigenvalue weighted by molar-refractivity contribution is 6.60. The SMILES string of the molecule is Cc1ncc(C(=O)Cc2ccc3c(c2)B(O)OCC3)cc1Cl. The molecule has 0 bridgehead atoms. The van der Waals surface area contributed by atoms with Crippen LogP contribution in [0.2, 0.25) is 5.02 Å². The predicted molar refractivity (Wildman–Crippen MR) is 85.7 cm³/mol. The van der Waals surface area contributed by atoms with Crippen molar-refractivity contribution in [3.05, 3.63) is 57.9 Å². The van der Waals surface area contributed by atoms with Gasteiger partial charge in [0.15, 0.2) is 5.78 Å². The van der Waals surface area contributed by atoms with Gasteiger partial charge in [0.1, 0.15) is 0 Å². The van der Waals surface area contributed by atoms with Gasteiger partial charge in [0.2, 0.25) is 0 Å². The number of rotatable bonds is 3. The molecule has 22 heavy (non-hydrogen) atoms. The number of carbonyl (C=O) groups excluding carboxylic acids is 1. The maximum absolute atomic E-state index is 12.3. The summed E-state index contributed by atoms with van der Waals surface area (Å²) in [6.07, 6.45) is 2.55. The molecule has 1 aromatic heterocycles. The number of nitrogens with zero attached hydrogens (tertiary/aromatic N) is 1. The van der Waals surface area contributed by atoms with Gasteiger partial charge in [-0.15, -0.1) is 0 Å². The van der Waals surface area contributed by atoms with Gasteiger partial charge in [-0.3, -0.25) is 9.78 Å². The first kappa shape index (κ1) is 15.2. The van der Waals surface area contributed by atoms with E-state index in [1.165, 1.54) is 0 Å². The molecule has 0 amide bonds. The highest BCUT2D eigenvalue weighted by Gasteiger charge is 2.25. The van der Waals surface area contributed by atoms with E-state index in [0.29, 0.717) is 22.9 Å². The fourth-order valence-corrected chi connectivity index (χ4v) is 2.69. The number of fused-ring (bicyclic) bond motifs is 1. The third-order valence-electron chi connectivity index (χ3n) is 3.84. The smallest absolute Gasteiger partial charge is 0.423 e. The summed E-state index contributed by atoms with van der Waals surface area (Å²) in [5.41, 5.74) is 3.84. The van der Waals surface area contributed by atoms with Gasteiger partial charge in [0.25, 0.3) is 0 Å². The molecule has 6 heteroatoms. The zero-order valence-corrected chi connectivity index (χ0v) is 12.9. The van der Waals surface area contributed by atoms with Crippen LogP contribution in [0.4, 0.5) is 0 Å². The van der Waals surface area contributed by atoms with Crippen molar-refractivity contribution in [1.29, 1.82) is 0 Å². The van der Waals surface area contributed by atoms with Gasteiger partial charge in [0, 0.05) is 24.8 Å². The standard InChI is InChI=1S/C16H15BClNO3/c1-10-15(18)8-13(9-19-10)16(20)7-11-2-3-12-4-5-22-17(21)14(12)6-11/h2-3,6,8-9,21H,4-5,7H2,1H3. The van der Waals surface area contributed by atoms with Crippen molar-refractivity contribution in [2.75, 3.05) is 6.61 Å². The van der Waals surface area contributed by atoms with Crippen LogP contribution in [0.15, 0.2) is 30.5 Å². The van der Waals surface area contributed by atoms with Crippen LogP contribution in [0, 0.1) is 6.92 Å². The van der Waals surface area contributed by atoms with Crippen LogP contribution in [0.3, 0.4) is 0 Å². The zero-order chi connectivity index (χ0) is 15.7. The maximum Gasteiger partial charge on any atom is 0.491 e. The van der Waals surface area contributed by atoms with E-state index >= 15 is 0 Å². The molecule has 3 rings (SSSR count). The Bertz CT molecular complexity index is 735. The van der Waals surface area contributed by atoms with Gasteiger partial charge in [-0.2, -0.15) is 0 Å². The number of Topliss-reactive ketones (excluding diaryl/α,β-unsaturated/α-hetero) is 1. The molecule has 0 fully saturated rings. The summed E-state index contributed by atoms with van der Waals surface area (Å²) in [4.78, 5) is 16.4. The Morgan fingerprint density at radius 1 is 1.45 bits per heavy atom. The van der Waals surface area contributed by atoms with E-state index in [9.17, 15) is 9.82 Å². The number of carbonyl (C=O) groups is 1. The second-order valence-electron chi connectivity index (χ2n) is 5.40. The fraction of sp³-hybridized carbons (Fsp3) is 0.250. The number of benzene rings is 1. The second kappa shape index (κ2) is 6.20. The van der Waals surface area contributed by atoms with Gasteiger partial charge >= 0.3 is 7.12 Å². The largest absolute Gasteiger partial charge is 0.491 e. The second-order valence-corrected chi connectivity index (χ2v) is 5.80. The van der Waals surface area contributed by atoms with E-state index in [-0.39, 0.29) is 12.2 Å². The quantitative estimate of drug-likeness (QED) is 0.692. The van der Waals surface area contributed by atoms with Gasteiger partial charge in [-0.1, -0.05) is 29.8 Å². The number of pyridine rings is 1. The Balaban J connectivity index is 1.82. The van der Waals surface area contributed by atoms with Crippen molar-refractivity contribution in [3.8, 4) is 0 Å². The van der Waals surface area contributed by atoms with Gasteiger partial charge < -0.3 is 9.68 Å². The number of hydrogen-bond acceptors (Lipinski definition) is 4. The molecule has 1 N–H and O–H groups in total. The van der Waals surface area contributed by atoms with E-state index in [2.05, 4.69) is 4.98 Å². The predicted octanol–water partition coefficient (Wildman–Crippen LogP) is 1.73. The molecule has 0 saturated carbocycles. The summed E-state index contributed by atoms with van der Waals surface area (Å²) >= 11 is 6.01. The van der Waals surface area contributed by atoms with Crippen molar-refractivity contribution in [3.63, 3.8) is 0 Å². The third-order valence-corrected chi connectivity index (χ3v) is 4.22. The molecule has 0 saturated heterocycles. The Morgan fingerprint density at radius 3 is 3.05 bits per heavy atom. The van der Waals surface area contributed by atoms with Crippen LogP contribution < -0.4 is 5.46 Å². The maximum atomic E-state index is 12.3. The summed E-state index contributed by atoms with van der Waals surface area (Å²) in [6, 6.07) is 7.34. The first-order valence-corrected chi connectivity index (χ1v) is 7.49. The average molecular weight is 316 g/mol. The number of ketones is 1. The Labute approximate surface area is 134 Å². The Morgan fingerprint density at radius 2 is 2.27 bits per heavy atom. The minimum absolute atomic E-state index is 0.0550. The van der Waals surface area contributed by atoms with E-state index < -0.39 is 7.12 Å². The number of halogens is 1. The molecule has 1 aliphatic heterocycles. The first-order valence-electron chi connectivity index (χ1n) is 7.11. The molecule has 0 spiro atoms. The lowest BCUT2D eigenvalue weighted by molar-refractivity contribution is 0.0992. The summed E-state index contributed by atoms with van der Waals surface area (Å²) in [6.45, 7) is 2.31. The lowest BCUT2D eigenvalue weighted by Gasteiger charge is -2.19. The Kier molecular flexibility index (Phi) is 4.29. The third kappa shape index (κ3) is 3.07. The summed E-state index contributed by atoms with van der Waals surface area (Å²) in [5.74, 6) is -0.0550. The lowest BCUT2D eigenvalue weighted by atomic mass is 9.73.